The van der Waals surface area contributed by atoms with Crippen LogP contribution in [0.1, 0.15) is 27.0 Å². The summed E-state index contributed by atoms with van der Waals surface area (Å²) in [7, 11) is 0. The van der Waals surface area contributed by atoms with Crippen molar-refractivity contribution in [2.45, 2.75) is 23.1 Å². The van der Waals surface area contributed by atoms with E-state index in [-0.39, 0.29) is 17.2 Å². The fourth-order valence-electron chi connectivity index (χ4n) is 4.11. The van der Waals surface area contributed by atoms with Crippen LogP contribution in [-0.2, 0) is 4.79 Å². The van der Waals surface area contributed by atoms with Gasteiger partial charge in [0.1, 0.15) is 11.6 Å². The SMILES string of the molecule is Cc1ccc(NC(=O)/C(C#N)=C/c2ccc(Sc3nc4ccc(NC(=O)c5ccc(Cl)cc5)cc4s3)c([N+](=O)[O-])c2)cc1C. The van der Waals surface area contributed by atoms with Crippen LogP contribution in [0.3, 0.4) is 0 Å². The van der Waals surface area contributed by atoms with Gasteiger partial charge in [-0.15, -0.1) is 11.3 Å². The van der Waals surface area contributed by atoms with Crippen molar-refractivity contribution in [3.05, 3.63) is 122 Å². The van der Waals surface area contributed by atoms with Crippen LogP contribution < -0.4 is 10.6 Å². The number of nitrogens with one attached hydrogen (secondary N) is 2. The number of aryl methyl sites for hydroxylation is 2. The summed E-state index contributed by atoms with van der Waals surface area (Å²) in [5, 5.41) is 27.7. The molecule has 2 N–H and O–H groups in total. The van der Waals surface area contributed by atoms with E-state index < -0.39 is 10.8 Å². The summed E-state index contributed by atoms with van der Waals surface area (Å²) in [5.74, 6) is -0.901. The Hall–Kier alpha value is -5.02. The quantitative estimate of drug-likeness (QED) is 0.0752. The van der Waals surface area contributed by atoms with Crippen molar-refractivity contribution < 1.29 is 14.5 Å². The van der Waals surface area contributed by atoms with Gasteiger partial charge in [-0.3, -0.25) is 19.7 Å². The number of amides is 2. The van der Waals surface area contributed by atoms with Crippen LogP contribution in [0.2, 0.25) is 5.02 Å². The Morgan fingerprint density at radius 3 is 2.41 bits per heavy atom. The average molecular weight is 640 g/mol. The van der Waals surface area contributed by atoms with Gasteiger partial charge in [0.25, 0.3) is 17.5 Å². The van der Waals surface area contributed by atoms with E-state index in [1.54, 1.807) is 66.7 Å². The predicted molar refractivity (Wildman–Crippen MR) is 174 cm³/mol. The van der Waals surface area contributed by atoms with Crippen LogP contribution in [0.15, 0.2) is 93.7 Å². The number of nitrogens with zero attached hydrogens (tertiary/aromatic N) is 3. The fourth-order valence-corrected chi connectivity index (χ4v) is 6.38. The largest absolute Gasteiger partial charge is 0.322 e. The van der Waals surface area contributed by atoms with Crippen molar-refractivity contribution in [3.63, 3.8) is 0 Å². The predicted octanol–water partition coefficient (Wildman–Crippen LogP) is 8.42. The molecule has 9 nitrogen and oxygen atoms in total. The Labute approximate surface area is 265 Å². The Morgan fingerprint density at radius 1 is 0.977 bits per heavy atom. The maximum atomic E-state index is 12.7. The van der Waals surface area contributed by atoms with E-state index in [2.05, 4.69) is 15.6 Å². The topological polar surface area (TPSA) is 138 Å². The molecule has 2 amide bonds. The molecule has 5 rings (SSSR count). The zero-order valence-electron chi connectivity index (χ0n) is 23.3. The number of nitriles is 1. The minimum Gasteiger partial charge on any atom is -0.322 e. The van der Waals surface area contributed by atoms with E-state index in [1.165, 1.54) is 23.5 Å². The lowest BCUT2D eigenvalue weighted by Gasteiger charge is -2.07. The van der Waals surface area contributed by atoms with Gasteiger partial charge >= 0.3 is 0 Å². The molecule has 1 aromatic heterocycles. The van der Waals surface area contributed by atoms with Gasteiger partial charge in [-0.05, 0) is 97.3 Å². The minimum atomic E-state index is -0.616. The van der Waals surface area contributed by atoms with E-state index >= 15 is 0 Å². The number of nitro benzene ring substituents is 1. The molecule has 4 aromatic carbocycles. The van der Waals surface area contributed by atoms with E-state index in [0.29, 0.717) is 42.3 Å². The number of aromatic nitrogens is 1. The third-order valence-electron chi connectivity index (χ3n) is 6.55. The number of rotatable bonds is 8. The molecule has 44 heavy (non-hydrogen) atoms. The monoisotopic (exact) mass is 639 g/mol. The molecule has 0 atom stereocenters. The summed E-state index contributed by atoms with van der Waals surface area (Å²) >= 11 is 8.36. The first-order valence-electron chi connectivity index (χ1n) is 13.0. The van der Waals surface area contributed by atoms with Crippen molar-refractivity contribution in [1.29, 1.82) is 5.26 Å². The number of hydrogen-bond donors (Lipinski definition) is 2. The van der Waals surface area contributed by atoms with Gasteiger partial charge in [-0.2, -0.15) is 5.26 Å². The normalized spacial score (nSPS) is 11.2. The van der Waals surface area contributed by atoms with Crippen LogP contribution in [0.4, 0.5) is 17.1 Å². The number of hydrogen-bond acceptors (Lipinski definition) is 8. The number of carbonyl (C=O) groups excluding carboxylic acids is 2. The summed E-state index contributed by atoms with van der Waals surface area (Å²) in [4.78, 5) is 41.7. The van der Waals surface area contributed by atoms with Gasteiger partial charge in [-0.25, -0.2) is 4.98 Å². The van der Waals surface area contributed by atoms with Crippen LogP contribution in [0, 0.1) is 35.3 Å². The molecule has 12 heteroatoms. The number of nitro groups is 1. The van der Waals surface area contributed by atoms with E-state index in [0.717, 1.165) is 27.6 Å². The molecule has 0 fully saturated rings. The van der Waals surface area contributed by atoms with Crippen molar-refractivity contribution >= 4 is 79.9 Å². The van der Waals surface area contributed by atoms with Gasteiger partial charge in [0.05, 0.1) is 20.0 Å². The smallest absolute Gasteiger partial charge is 0.283 e. The molecule has 0 aliphatic heterocycles. The lowest BCUT2D eigenvalue weighted by molar-refractivity contribution is -0.387. The maximum Gasteiger partial charge on any atom is 0.283 e. The molecule has 0 aliphatic rings. The summed E-state index contributed by atoms with van der Waals surface area (Å²) < 4.78 is 1.36. The van der Waals surface area contributed by atoms with E-state index in [9.17, 15) is 25.0 Å². The van der Waals surface area contributed by atoms with Crippen molar-refractivity contribution in [3.8, 4) is 6.07 Å². The van der Waals surface area contributed by atoms with Gasteiger partial charge in [-0.1, -0.05) is 35.5 Å². The number of halogens is 1. The molecule has 0 spiro atoms. The molecular formula is C32H22ClN5O4S2. The highest BCUT2D eigenvalue weighted by Crippen LogP contribution is 2.40. The van der Waals surface area contributed by atoms with Crippen LogP contribution in [-0.4, -0.2) is 21.7 Å². The highest BCUT2D eigenvalue weighted by molar-refractivity contribution is 8.01. The van der Waals surface area contributed by atoms with Crippen molar-refractivity contribution in [1.82, 2.24) is 4.98 Å². The summed E-state index contributed by atoms with van der Waals surface area (Å²) in [6, 6.07) is 23.6. The lowest BCUT2D eigenvalue weighted by Crippen LogP contribution is -2.13. The first-order valence-corrected chi connectivity index (χ1v) is 15.0. The first kappa shape index (κ1) is 30.4. The maximum absolute atomic E-state index is 12.7. The zero-order valence-corrected chi connectivity index (χ0v) is 25.6. The van der Waals surface area contributed by atoms with E-state index in [4.69, 9.17) is 11.6 Å². The molecule has 5 aromatic rings. The second kappa shape index (κ2) is 13.1. The molecule has 0 unspecified atom stereocenters. The number of thiazole rings is 1. The highest BCUT2D eigenvalue weighted by Gasteiger charge is 2.19. The Kier molecular flexibility index (Phi) is 9.06. The number of benzene rings is 4. The second-order valence-corrected chi connectivity index (χ2v) is 12.4. The zero-order chi connectivity index (χ0) is 31.4. The molecule has 0 saturated carbocycles. The number of carbonyl (C=O) groups is 2. The first-order chi connectivity index (χ1) is 21.1. The van der Waals surface area contributed by atoms with Crippen molar-refractivity contribution in [2.75, 3.05) is 10.6 Å². The molecule has 218 valence electrons. The second-order valence-electron chi connectivity index (χ2n) is 9.63. The fraction of sp³-hybridized carbons (Fsp3) is 0.0625. The summed E-state index contributed by atoms with van der Waals surface area (Å²) in [6.07, 6.45) is 1.31. The molecule has 0 bridgehead atoms. The molecule has 0 saturated heterocycles. The standard InChI is InChI=1S/C32H22ClN5O4S2/c1-18-3-9-24(13-19(18)2)35-31(40)22(17-34)14-20-4-12-28(27(15-20)38(41)42)43-32-37-26-11-10-25(16-29(26)44-32)36-30(39)21-5-7-23(33)8-6-21/h3-16H,1-2H3,(H,35,40)(H,36,39)/b22-14+. The van der Waals surface area contributed by atoms with Gasteiger partial charge in [0, 0.05) is 28.0 Å². The third-order valence-corrected chi connectivity index (χ3v) is 8.95. The van der Waals surface area contributed by atoms with Gasteiger partial charge < -0.3 is 10.6 Å². The van der Waals surface area contributed by atoms with Gasteiger partial charge in [0.2, 0.25) is 0 Å². The van der Waals surface area contributed by atoms with Gasteiger partial charge in [0.15, 0.2) is 4.34 Å². The lowest BCUT2D eigenvalue weighted by atomic mass is 10.1. The van der Waals surface area contributed by atoms with Crippen LogP contribution >= 0.6 is 34.7 Å². The summed E-state index contributed by atoms with van der Waals surface area (Å²) in [5.41, 5.74) is 4.27. The van der Waals surface area contributed by atoms with Crippen LogP contribution in [0.25, 0.3) is 16.3 Å². The Balaban J connectivity index is 1.34. The molecular weight excluding hydrogens is 618 g/mol. The Bertz CT molecular complexity index is 2020. The molecule has 1 heterocycles. The van der Waals surface area contributed by atoms with E-state index in [1.807, 2.05) is 26.0 Å². The molecule has 0 aliphatic carbocycles. The number of anilines is 2. The summed E-state index contributed by atoms with van der Waals surface area (Å²) in [6.45, 7) is 3.87. The number of fused-ring (bicyclic) bond motifs is 1. The highest BCUT2D eigenvalue weighted by atomic mass is 35.5. The third kappa shape index (κ3) is 7.12. The molecule has 0 radical (unpaired) electrons. The Morgan fingerprint density at radius 2 is 1.70 bits per heavy atom. The van der Waals surface area contributed by atoms with Crippen molar-refractivity contribution in [2.24, 2.45) is 0 Å². The minimum absolute atomic E-state index is 0.189. The van der Waals surface area contributed by atoms with Crippen LogP contribution in [0.5, 0.6) is 0 Å². The average Bonchev–Trinajstić information content (AvgIpc) is 3.40.